The molecule has 104 valence electrons. The zero-order chi connectivity index (χ0) is 14.4. The highest BCUT2D eigenvalue weighted by Crippen LogP contribution is 2.20. The van der Waals surface area contributed by atoms with Gasteiger partial charge in [0, 0.05) is 15.5 Å². The Morgan fingerprint density at radius 2 is 1.40 bits per heavy atom. The molecule has 0 heterocycles. The summed E-state index contributed by atoms with van der Waals surface area (Å²) in [6, 6.07) is 16.1. The average molecular weight is 303 g/mol. The highest BCUT2D eigenvalue weighted by Gasteiger charge is 1.97. The van der Waals surface area contributed by atoms with Gasteiger partial charge in [0.15, 0.2) is 5.96 Å². The molecule has 0 spiro atoms. The first-order valence-corrected chi connectivity index (χ1v) is 8.55. The van der Waals surface area contributed by atoms with Crippen LogP contribution in [0.4, 0.5) is 11.4 Å². The molecule has 0 saturated carbocycles. The molecule has 2 aromatic rings. The zero-order valence-corrected chi connectivity index (χ0v) is 13.1. The lowest BCUT2D eigenvalue weighted by Gasteiger charge is -2.06. The Balaban J connectivity index is 2.05. The van der Waals surface area contributed by atoms with E-state index < -0.39 is 0 Å². The Hall–Kier alpha value is -1.59. The van der Waals surface area contributed by atoms with E-state index in [-0.39, 0.29) is 0 Å². The van der Waals surface area contributed by atoms with E-state index in [1.54, 1.807) is 23.5 Å². The molecule has 2 aromatic carbocycles. The second-order valence-electron chi connectivity index (χ2n) is 4.05. The van der Waals surface area contributed by atoms with E-state index in [0.717, 1.165) is 11.4 Å². The van der Waals surface area contributed by atoms with Crippen LogP contribution < -0.4 is 11.1 Å². The van der Waals surface area contributed by atoms with Crippen molar-refractivity contribution in [2.75, 3.05) is 17.8 Å². The smallest absolute Gasteiger partial charge is 0.198 e. The molecule has 0 atom stereocenters. The van der Waals surface area contributed by atoms with E-state index in [2.05, 4.69) is 16.6 Å². The molecule has 0 aromatic heterocycles. The van der Waals surface area contributed by atoms with Gasteiger partial charge >= 0.3 is 0 Å². The second-order valence-corrected chi connectivity index (χ2v) is 5.81. The van der Waals surface area contributed by atoms with Crippen LogP contribution in [0.2, 0.25) is 0 Å². The number of guanidine groups is 1. The number of nitrogens with one attached hydrogen (secondary N) is 1. The Kier molecular flexibility index (Phi) is 5.38. The number of hydrogen-bond donors (Lipinski definition) is 2. The summed E-state index contributed by atoms with van der Waals surface area (Å²) < 4.78 is 0. The van der Waals surface area contributed by atoms with Gasteiger partial charge in [0.25, 0.3) is 0 Å². The Labute approximate surface area is 128 Å². The van der Waals surface area contributed by atoms with Crippen LogP contribution in [0.25, 0.3) is 0 Å². The maximum absolute atomic E-state index is 5.91. The van der Waals surface area contributed by atoms with Crippen molar-refractivity contribution in [2.45, 2.75) is 9.79 Å². The minimum atomic E-state index is 0.388. The van der Waals surface area contributed by atoms with Gasteiger partial charge in [-0.25, -0.2) is 4.99 Å². The second kappa shape index (κ2) is 7.26. The maximum atomic E-state index is 5.91. The van der Waals surface area contributed by atoms with Gasteiger partial charge in [-0.1, -0.05) is 0 Å². The summed E-state index contributed by atoms with van der Waals surface area (Å²) in [5, 5.41) is 3.08. The van der Waals surface area contributed by atoms with Gasteiger partial charge in [-0.05, 0) is 61.0 Å². The molecular weight excluding hydrogens is 286 g/mol. The molecule has 0 saturated heterocycles. The molecule has 3 N–H and O–H groups in total. The number of anilines is 1. The fourth-order valence-corrected chi connectivity index (χ4v) is 2.46. The fraction of sp³-hybridized carbons (Fsp3) is 0.133. The molecule has 0 aliphatic carbocycles. The van der Waals surface area contributed by atoms with E-state index in [0.29, 0.717) is 5.96 Å². The van der Waals surface area contributed by atoms with Crippen LogP contribution in [0, 0.1) is 0 Å². The number of rotatable bonds is 4. The molecule has 3 nitrogen and oxygen atoms in total. The van der Waals surface area contributed by atoms with E-state index >= 15 is 0 Å². The fourth-order valence-electron chi connectivity index (χ4n) is 1.65. The van der Waals surface area contributed by atoms with Crippen LogP contribution >= 0.6 is 23.5 Å². The summed E-state index contributed by atoms with van der Waals surface area (Å²) in [5.74, 6) is 0.388. The van der Waals surface area contributed by atoms with Crippen LogP contribution in [0.3, 0.4) is 0 Å². The lowest BCUT2D eigenvalue weighted by atomic mass is 10.3. The molecule has 0 unspecified atom stereocenters. The molecule has 0 fully saturated rings. The summed E-state index contributed by atoms with van der Waals surface area (Å²) >= 11 is 3.42. The zero-order valence-electron chi connectivity index (χ0n) is 11.5. The third-order valence-electron chi connectivity index (χ3n) is 2.68. The lowest BCUT2D eigenvalue weighted by molar-refractivity contribution is 1.39. The van der Waals surface area contributed by atoms with Gasteiger partial charge < -0.3 is 11.1 Å². The number of benzene rings is 2. The van der Waals surface area contributed by atoms with Crippen LogP contribution in [-0.2, 0) is 0 Å². The standard InChI is InChI=1S/C15H17N3S2/c1-19-13-7-3-11(4-8-13)17-15(16)18-12-5-9-14(20-2)10-6-12/h3-10H,1-2H3,(H3,16,17,18). The van der Waals surface area contributed by atoms with Crippen molar-refractivity contribution >= 4 is 40.9 Å². The van der Waals surface area contributed by atoms with Crippen molar-refractivity contribution in [2.24, 2.45) is 10.7 Å². The summed E-state index contributed by atoms with van der Waals surface area (Å²) in [6.45, 7) is 0. The van der Waals surface area contributed by atoms with E-state index in [1.165, 1.54) is 9.79 Å². The lowest BCUT2D eigenvalue weighted by Crippen LogP contribution is -2.21. The number of thioether (sulfide) groups is 2. The molecule has 0 radical (unpaired) electrons. The molecule has 0 amide bonds. The van der Waals surface area contributed by atoms with Crippen molar-refractivity contribution in [3.05, 3.63) is 48.5 Å². The molecule has 0 aliphatic rings. The van der Waals surface area contributed by atoms with Crippen molar-refractivity contribution in [1.29, 1.82) is 0 Å². The highest BCUT2D eigenvalue weighted by molar-refractivity contribution is 7.98. The summed E-state index contributed by atoms with van der Waals surface area (Å²) in [6.07, 6.45) is 4.10. The van der Waals surface area contributed by atoms with Gasteiger partial charge in [0.05, 0.1) is 5.69 Å². The normalized spacial score (nSPS) is 11.4. The van der Waals surface area contributed by atoms with Crippen molar-refractivity contribution in [1.82, 2.24) is 0 Å². The summed E-state index contributed by atoms with van der Waals surface area (Å²) in [5.41, 5.74) is 7.68. The van der Waals surface area contributed by atoms with Crippen LogP contribution in [0.1, 0.15) is 0 Å². The number of nitrogens with two attached hydrogens (primary N) is 1. The molecule has 20 heavy (non-hydrogen) atoms. The van der Waals surface area contributed by atoms with Crippen LogP contribution in [0.15, 0.2) is 63.3 Å². The van der Waals surface area contributed by atoms with E-state index in [9.17, 15) is 0 Å². The quantitative estimate of drug-likeness (QED) is 0.505. The van der Waals surface area contributed by atoms with Gasteiger partial charge in [-0.2, -0.15) is 0 Å². The number of hydrogen-bond acceptors (Lipinski definition) is 3. The third kappa shape index (κ3) is 4.21. The third-order valence-corrected chi connectivity index (χ3v) is 4.17. The minimum absolute atomic E-state index is 0.388. The number of nitrogens with zero attached hydrogens (tertiary/aromatic N) is 1. The van der Waals surface area contributed by atoms with Crippen molar-refractivity contribution < 1.29 is 0 Å². The predicted molar refractivity (Wildman–Crippen MR) is 91.4 cm³/mol. The van der Waals surface area contributed by atoms with Crippen LogP contribution in [-0.4, -0.2) is 18.5 Å². The number of aliphatic imine (C=N–C) groups is 1. The average Bonchev–Trinajstić information content (AvgIpc) is 2.49. The van der Waals surface area contributed by atoms with Crippen molar-refractivity contribution in [3.8, 4) is 0 Å². The van der Waals surface area contributed by atoms with E-state index in [1.807, 2.05) is 54.8 Å². The minimum Gasteiger partial charge on any atom is -0.369 e. The van der Waals surface area contributed by atoms with E-state index in [4.69, 9.17) is 5.73 Å². The Morgan fingerprint density at radius 1 is 0.900 bits per heavy atom. The predicted octanol–water partition coefficient (Wildman–Crippen LogP) is 4.19. The molecule has 5 heteroatoms. The van der Waals surface area contributed by atoms with Crippen molar-refractivity contribution in [3.63, 3.8) is 0 Å². The molecule has 0 aliphatic heterocycles. The van der Waals surface area contributed by atoms with Gasteiger partial charge in [0.2, 0.25) is 0 Å². The summed E-state index contributed by atoms with van der Waals surface area (Å²) in [7, 11) is 0. The van der Waals surface area contributed by atoms with Crippen LogP contribution in [0.5, 0.6) is 0 Å². The first kappa shape index (κ1) is 14.8. The largest absolute Gasteiger partial charge is 0.369 e. The Morgan fingerprint density at radius 3 is 1.90 bits per heavy atom. The van der Waals surface area contributed by atoms with Gasteiger partial charge in [0.1, 0.15) is 0 Å². The van der Waals surface area contributed by atoms with Gasteiger partial charge in [-0.15, -0.1) is 23.5 Å². The monoisotopic (exact) mass is 303 g/mol. The first-order chi connectivity index (χ1) is 9.71. The maximum Gasteiger partial charge on any atom is 0.198 e. The molecule has 0 bridgehead atoms. The Bertz CT molecular complexity index is 577. The van der Waals surface area contributed by atoms with Gasteiger partial charge in [-0.3, -0.25) is 0 Å². The topological polar surface area (TPSA) is 50.4 Å². The first-order valence-electron chi connectivity index (χ1n) is 6.10. The highest BCUT2D eigenvalue weighted by atomic mass is 32.2. The molecule has 2 rings (SSSR count). The summed E-state index contributed by atoms with van der Waals surface area (Å²) in [4.78, 5) is 6.77. The SMILES string of the molecule is CSc1ccc(N=C(N)Nc2ccc(SC)cc2)cc1. The molecular formula is C15H17N3S2.